The molecule has 0 N–H and O–H groups in total. The van der Waals surface area contributed by atoms with Crippen molar-refractivity contribution in [3.05, 3.63) is 39.9 Å². The van der Waals surface area contributed by atoms with Gasteiger partial charge in [0.2, 0.25) is 0 Å². The van der Waals surface area contributed by atoms with Crippen LogP contribution in [0.5, 0.6) is 0 Å². The number of nitro groups is 1. The van der Waals surface area contributed by atoms with Crippen molar-refractivity contribution in [2.45, 2.75) is 38.1 Å². The van der Waals surface area contributed by atoms with Gasteiger partial charge < -0.3 is 4.90 Å². The van der Waals surface area contributed by atoms with Crippen molar-refractivity contribution in [3.8, 4) is 0 Å². The second kappa shape index (κ2) is 5.23. The smallest absolute Gasteiger partial charge is 0.269 e. The van der Waals surface area contributed by atoms with Gasteiger partial charge in [0, 0.05) is 24.2 Å². The van der Waals surface area contributed by atoms with Crippen molar-refractivity contribution in [3.63, 3.8) is 0 Å². The third kappa shape index (κ3) is 2.53. The third-order valence-electron chi connectivity index (χ3n) is 4.43. The predicted octanol–water partition coefficient (Wildman–Crippen LogP) is 3.00. The summed E-state index contributed by atoms with van der Waals surface area (Å²) in [4.78, 5) is 24.3. The minimum absolute atomic E-state index is 0.00970. The van der Waals surface area contributed by atoms with Crippen molar-refractivity contribution in [2.24, 2.45) is 5.92 Å². The summed E-state index contributed by atoms with van der Waals surface area (Å²) in [7, 11) is 0. The zero-order valence-electron chi connectivity index (χ0n) is 11.3. The first-order valence-corrected chi connectivity index (χ1v) is 7.22. The van der Waals surface area contributed by atoms with Gasteiger partial charge in [-0.15, -0.1) is 0 Å². The maximum absolute atomic E-state index is 12.3. The Morgan fingerprint density at radius 2 is 1.80 bits per heavy atom. The Morgan fingerprint density at radius 1 is 1.15 bits per heavy atom. The molecule has 1 aromatic rings. The van der Waals surface area contributed by atoms with Crippen LogP contribution in [-0.4, -0.2) is 28.3 Å². The highest BCUT2D eigenvalue weighted by Gasteiger charge is 2.44. The van der Waals surface area contributed by atoms with E-state index in [9.17, 15) is 14.9 Å². The molecule has 3 rings (SSSR count). The van der Waals surface area contributed by atoms with E-state index in [1.54, 1.807) is 12.1 Å². The molecular weight excluding hydrogens is 256 g/mol. The molecule has 1 saturated carbocycles. The van der Waals surface area contributed by atoms with Crippen LogP contribution in [0, 0.1) is 16.0 Å². The number of rotatable bonds is 3. The number of carbonyl (C=O) groups is 1. The van der Waals surface area contributed by atoms with Gasteiger partial charge in [0.1, 0.15) is 0 Å². The minimum Gasteiger partial charge on any atom is -0.332 e. The summed E-state index contributed by atoms with van der Waals surface area (Å²) in [5, 5.41) is 10.6. The van der Waals surface area contributed by atoms with Gasteiger partial charge in [0.25, 0.3) is 11.6 Å². The monoisotopic (exact) mass is 274 g/mol. The normalized spacial score (nSPS) is 22.6. The Balaban J connectivity index is 1.63. The van der Waals surface area contributed by atoms with Crippen molar-refractivity contribution < 1.29 is 9.72 Å². The Morgan fingerprint density at radius 3 is 2.40 bits per heavy atom. The molecule has 1 heterocycles. The lowest BCUT2D eigenvalue weighted by molar-refractivity contribution is -0.384. The first-order valence-electron chi connectivity index (χ1n) is 7.22. The summed E-state index contributed by atoms with van der Waals surface area (Å²) >= 11 is 0. The molecule has 1 saturated heterocycles. The van der Waals surface area contributed by atoms with Crippen molar-refractivity contribution in [1.29, 1.82) is 0 Å². The lowest BCUT2D eigenvalue weighted by atomic mass is 9.87. The van der Waals surface area contributed by atoms with Crippen LogP contribution >= 0.6 is 0 Å². The van der Waals surface area contributed by atoms with E-state index in [0.29, 0.717) is 17.5 Å². The average Bonchev–Trinajstić information content (AvgIpc) is 3.28. The molecule has 106 valence electrons. The number of hydrogen-bond acceptors (Lipinski definition) is 3. The summed E-state index contributed by atoms with van der Waals surface area (Å²) in [5.74, 6) is 0.668. The van der Waals surface area contributed by atoms with E-state index in [4.69, 9.17) is 0 Å². The van der Waals surface area contributed by atoms with Gasteiger partial charge >= 0.3 is 0 Å². The first-order chi connectivity index (χ1) is 9.66. The zero-order valence-corrected chi connectivity index (χ0v) is 11.3. The Labute approximate surface area is 117 Å². The quantitative estimate of drug-likeness (QED) is 0.483. The number of nitro benzene ring substituents is 1. The van der Waals surface area contributed by atoms with Gasteiger partial charge in [-0.2, -0.15) is 0 Å². The second-order valence-corrected chi connectivity index (χ2v) is 5.73. The molecule has 5 heteroatoms. The fourth-order valence-electron chi connectivity index (χ4n) is 3.20. The Hall–Kier alpha value is -1.91. The number of nitrogens with zero attached hydrogens (tertiary/aromatic N) is 2. The number of hydrogen-bond donors (Lipinski definition) is 0. The average molecular weight is 274 g/mol. The second-order valence-electron chi connectivity index (χ2n) is 5.73. The SMILES string of the molecule is O=C(c1ccc([N+](=O)[O-])cc1)N1C[C@H]1C1CCCCC1. The molecule has 1 atom stereocenters. The molecule has 0 unspecified atom stereocenters. The highest BCUT2D eigenvalue weighted by molar-refractivity contribution is 5.96. The molecule has 0 spiro atoms. The van der Waals surface area contributed by atoms with E-state index in [1.165, 1.54) is 44.2 Å². The Bertz CT molecular complexity index is 520. The fraction of sp³-hybridized carbons (Fsp3) is 0.533. The van der Waals surface area contributed by atoms with Crippen LogP contribution in [0.1, 0.15) is 42.5 Å². The van der Waals surface area contributed by atoms with Crippen LogP contribution in [-0.2, 0) is 0 Å². The largest absolute Gasteiger partial charge is 0.332 e. The van der Waals surface area contributed by atoms with Crippen molar-refractivity contribution in [1.82, 2.24) is 4.90 Å². The molecular formula is C15H18N2O3. The van der Waals surface area contributed by atoms with E-state index in [-0.39, 0.29) is 11.6 Å². The maximum atomic E-state index is 12.3. The highest BCUT2D eigenvalue weighted by atomic mass is 16.6. The van der Waals surface area contributed by atoms with Crippen LogP contribution in [0.4, 0.5) is 5.69 Å². The lowest BCUT2D eigenvalue weighted by Crippen LogP contribution is -2.20. The van der Waals surface area contributed by atoms with Crippen LogP contribution in [0.3, 0.4) is 0 Å². The van der Waals surface area contributed by atoms with Gasteiger partial charge in [-0.3, -0.25) is 14.9 Å². The summed E-state index contributed by atoms with van der Waals surface area (Å²) < 4.78 is 0. The number of non-ortho nitro benzene ring substituents is 1. The van der Waals surface area contributed by atoms with Crippen molar-refractivity contribution in [2.75, 3.05) is 6.54 Å². The van der Waals surface area contributed by atoms with Gasteiger partial charge in [-0.25, -0.2) is 0 Å². The van der Waals surface area contributed by atoms with Crippen LogP contribution in [0.15, 0.2) is 24.3 Å². The highest BCUT2D eigenvalue weighted by Crippen LogP contribution is 2.36. The van der Waals surface area contributed by atoms with Crippen molar-refractivity contribution >= 4 is 11.6 Å². The van der Waals surface area contributed by atoms with Crippen LogP contribution in [0.2, 0.25) is 0 Å². The molecule has 1 amide bonds. The summed E-state index contributed by atoms with van der Waals surface area (Å²) in [6, 6.07) is 6.30. The molecule has 0 bridgehead atoms. The minimum atomic E-state index is -0.448. The predicted molar refractivity (Wildman–Crippen MR) is 74.5 cm³/mol. The van der Waals surface area contributed by atoms with Gasteiger partial charge in [0.05, 0.1) is 11.0 Å². The van der Waals surface area contributed by atoms with E-state index in [0.717, 1.165) is 6.54 Å². The van der Waals surface area contributed by atoms with Gasteiger partial charge in [-0.05, 0) is 30.9 Å². The van der Waals surface area contributed by atoms with E-state index < -0.39 is 4.92 Å². The molecule has 2 fully saturated rings. The van der Waals surface area contributed by atoms with Gasteiger partial charge in [0.15, 0.2) is 0 Å². The molecule has 0 radical (unpaired) electrons. The van der Waals surface area contributed by atoms with Crippen LogP contribution in [0.25, 0.3) is 0 Å². The number of carbonyl (C=O) groups excluding carboxylic acids is 1. The molecule has 5 nitrogen and oxygen atoms in total. The maximum Gasteiger partial charge on any atom is 0.269 e. The first kappa shape index (κ1) is 13.1. The van der Waals surface area contributed by atoms with Crippen LogP contribution < -0.4 is 0 Å². The topological polar surface area (TPSA) is 63.2 Å². The molecule has 20 heavy (non-hydrogen) atoms. The zero-order chi connectivity index (χ0) is 14.1. The summed E-state index contributed by atoms with van der Waals surface area (Å²) in [6.07, 6.45) is 6.34. The number of benzene rings is 1. The molecule has 1 aliphatic carbocycles. The summed E-state index contributed by atoms with van der Waals surface area (Å²) in [5.41, 5.74) is 0.574. The Kier molecular flexibility index (Phi) is 3.42. The van der Waals surface area contributed by atoms with Gasteiger partial charge in [-0.1, -0.05) is 19.3 Å². The lowest BCUT2D eigenvalue weighted by Gasteiger charge is -2.21. The standard InChI is InChI=1S/C15H18N2O3/c18-15(12-6-8-13(9-7-12)17(19)20)16-10-14(16)11-4-2-1-3-5-11/h6-9,11,14H,1-5,10H2/t14-,16?/m0/s1. The van der Waals surface area contributed by atoms with E-state index in [1.807, 2.05) is 4.90 Å². The molecule has 0 aromatic heterocycles. The summed E-state index contributed by atoms with van der Waals surface area (Å²) in [6.45, 7) is 0.848. The third-order valence-corrected chi connectivity index (χ3v) is 4.43. The molecule has 1 aliphatic heterocycles. The molecule has 1 aromatic carbocycles. The fourth-order valence-corrected chi connectivity index (χ4v) is 3.20. The molecule has 2 aliphatic rings. The van der Waals surface area contributed by atoms with E-state index in [2.05, 4.69) is 0 Å². The number of amides is 1. The van der Waals surface area contributed by atoms with E-state index >= 15 is 0 Å².